The number of fused-ring (bicyclic) bond motifs is 1. The van der Waals surface area contributed by atoms with Crippen molar-refractivity contribution in [2.24, 2.45) is 0 Å². The van der Waals surface area contributed by atoms with Gasteiger partial charge in [-0.25, -0.2) is 13.6 Å². The van der Waals surface area contributed by atoms with Gasteiger partial charge in [0.1, 0.15) is 12.2 Å². The Morgan fingerprint density at radius 1 is 1.48 bits per heavy atom. The van der Waals surface area contributed by atoms with Gasteiger partial charge in [-0.3, -0.25) is 18.9 Å². The first-order valence-corrected chi connectivity index (χ1v) is 10.3. The van der Waals surface area contributed by atoms with E-state index in [9.17, 15) is 27.9 Å². The van der Waals surface area contributed by atoms with Crippen molar-refractivity contribution >= 4 is 18.5 Å². The van der Waals surface area contributed by atoms with Crippen LogP contribution in [-0.4, -0.2) is 51.6 Å². The minimum absolute atomic E-state index is 0.443. The Morgan fingerprint density at radius 3 is 2.74 bits per heavy atom. The lowest BCUT2D eigenvalue weighted by Gasteiger charge is -2.41. The molecular weight excluding hydrogens is 416 g/mol. The Bertz CT molecular complexity index is 893. The van der Waals surface area contributed by atoms with Crippen molar-refractivity contribution in [2.75, 3.05) is 6.61 Å². The minimum Gasteiger partial charge on any atom is -0.386 e. The van der Waals surface area contributed by atoms with Gasteiger partial charge in [-0.2, -0.15) is 4.39 Å². The van der Waals surface area contributed by atoms with E-state index in [-0.39, 0.29) is 0 Å². The van der Waals surface area contributed by atoms with Gasteiger partial charge in [0.15, 0.2) is 11.8 Å². The van der Waals surface area contributed by atoms with Crippen LogP contribution in [0.5, 0.6) is 0 Å². The molecule has 2 fully saturated rings. The third kappa shape index (κ3) is 3.53. The van der Waals surface area contributed by atoms with Crippen LogP contribution in [0.3, 0.4) is 0 Å². The molecular formula is C13H16F3N2O7PS. The molecule has 0 bridgehead atoms. The summed E-state index contributed by atoms with van der Waals surface area (Å²) in [6.45, 7) is -0.981. The lowest BCUT2D eigenvalue weighted by Crippen LogP contribution is -2.56. The van der Waals surface area contributed by atoms with Gasteiger partial charge in [0, 0.05) is 0 Å². The highest BCUT2D eigenvalue weighted by Gasteiger charge is 2.66. The van der Waals surface area contributed by atoms with E-state index in [2.05, 4.69) is 0 Å². The lowest BCUT2D eigenvalue weighted by molar-refractivity contribution is -0.204. The number of alkyl halides is 2. The van der Waals surface area contributed by atoms with Crippen molar-refractivity contribution in [3.05, 3.63) is 32.9 Å². The summed E-state index contributed by atoms with van der Waals surface area (Å²) < 4.78 is 62.8. The summed E-state index contributed by atoms with van der Waals surface area (Å²) in [5.74, 6) is -1.36. The number of H-pyrrole nitrogens is 1. The topological polar surface area (TPSA) is 112 Å². The molecule has 0 radical (unpaired) electrons. The van der Waals surface area contributed by atoms with E-state index >= 15 is 0 Å². The molecule has 0 aromatic carbocycles. The largest absolute Gasteiger partial charge is 0.386 e. The Morgan fingerprint density at radius 2 is 2.15 bits per heavy atom. The number of hydrogen-bond acceptors (Lipinski definition) is 8. The third-order valence-corrected chi connectivity index (χ3v) is 6.47. The van der Waals surface area contributed by atoms with E-state index in [0.29, 0.717) is 10.8 Å². The standard InChI is InChI=1S/C13H16F3N2O7PS/c1-5(2)24-26(27)22-4-13(11(15)16)8(25-26)7(19)10(23-13)18-3-6(14)9(20)17-12(18)21/h3,5,7-8,10-11,19H,4H2,1-2H3,(H,17,20,21)/t7-,8+,10-,13-,26?/m1/s1. The molecule has 1 unspecified atom stereocenters. The van der Waals surface area contributed by atoms with Gasteiger partial charge in [0.25, 0.3) is 12.0 Å². The monoisotopic (exact) mass is 432 g/mol. The van der Waals surface area contributed by atoms with Gasteiger partial charge in [-0.15, -0.1) is 0 Å². The number of rotatable bonds is 4. The summed E-state index contributed by atoms with van der Waals surface area (Å²) in [4.78, 5) is 24.7. The van der Waals surface area contributed by atoms with E-state index in [4.69, 9.17) is 30.1 Å². The molecule has 0 amide bonds. The number of ether oxygens (including phenoxy) is 1. The Balaban J connectivity index is 2.01. The number of aliphatic hydroxyl groups excluding tert-OH is 1. The predicted octanol–water partition coefficient (Wildman–Crippen LogP) is 0.634. The molecule has 1 aromatic heterocycles. The van der Waals surface area contributed by atoms with Crippen LogP contribution in [0.1, 0.15) is 20.1 Å². The van der Waals surface area contributed by atoms with Crippen molar-refractivity contribution in [1.82, 2.24) is 9.55 Å². The molecule has 9 nitrogen and oxygen atoms in total. The number of halogens is 3. The molecule has 2 saturated heterocycles. The van der Waals surface area contributed by atoms with E-state index in [1.807, 2.05) is 0 Å². The van der Waals surface area contributed by atoms with Crippen LogP contribution in [0.25, 0.3) is 0 Å². The minimum atomic E-state index is -3.47. The first kappa shape index (κ1) is 20.6. The Labute approximate surface area is 155 Å². The lowest BCUT2D eigenvalue weighted by atomic mass is 9.96. The van der Waals surface area contributed by atoms with Crippen LogP contribution < -0.4 is 11.2 Å². The fraction of sp³-hybridized carbons (Fsp3) is 0.692. The molecule has 3 heterocycles. The van der Waals surface area contributed by atoms with Gasteiger partial charge in [-0.1, -0.05) is 0 Å². The fourth-order valence-electron chi connectivity index (χ4n) is 2.84. The fourth-order valence-corrected chi connectivity index (χ4v) is 5.42. The molecule has 2 aliphatic heterocycles. The highest BCUT2D eigenvalue weighted by molar-refractivity contribution is 8.07. The molecule has 5 atom stereocenters. The first-order chi connectivity index (χ1) is 12.5. The van der Waals surface area contributed by atoms with Gasteiger partial charge in [0.05, 0.1) is 18.9 Å². The van der Waals surface area contributed by atoms with Crippen molar-refractivity contribution < 1.29 is 36.6 Å². The average Bonchev–Trinajstić information content (AvgIpc) is 2.84. The Hall–Kier alpha value is -1.08. The number of aromatic nitrogens is 2. The summed E-state index contributed by atoms with van der Waals surface area (Å²) in [7, 11) is 0. The van der Waals surface area contributed by atoms with Crippen LogP contribution in [0.4, 0.5) is 13.2 Å². The van der Waals surface area contributed by atoms with E-state index in [1.54, 1.807) is 18.8 Å². The molecule has 2 N–H and O–H groups in total. The van der Waals surface area contributed by atoms with Crippen LogP contribution in [0.15, 0.2) is 15.8 Å². The van der Waals surface area contributed by atoms with Crippen LogP contribution >= 0.6 is 6.72 Å². The van der Waals surface area contributed by atoms with Crippen LogP contribution in [0.2, 0.25) is 0 Å². The molecule has 2 aliphatic rings. The number of nitrogens with zero attached hydrogens (tertiary/aromatic N) is 1. The van der Waals surface area contributed by atoms with Gasteiger partial charge in [-0.05, 0) is 25.7 Å². The highest BCUT2D eigenvalue weighted by atomic mass is 32.5. The van der Waals surface area contributed by atoms with Gasteiger partial charge in [0.2, 0.25) is 5.82 Å². The maximum atomic E-state index is 13.8. The second-order valence-electron chi connectivity index (χ2n) is 6.30. The molecule has 0 spiro atoms. The summed E-state index contributed by atoms with van der Waals surface area (Å²) in [5, 5.41) is 10.5. The molecule has 0 aliphatic carbocycles. The second kappa shape index (κ2) is 7.07. The van der Waals surface area contributed by atoms with Crippen molar-refractivity contribution in [1.29, 1.82) is 0 Å². The number of hydrogen-bond donors (Lipinski definition) is 2. The summed E-state index contributed by atoms with van der Waals surface area (Å²) in [6, 6.07) is 0. The predicted molar refractivity (Wildman–Crippen MR) is 87.5 cm³/mol. The maximum Gasteiger partial charge on any atom is 0.330 e. The molecule has 14 heteroatoms. The molecule has 0 saturated carbocycles. The second-order valence-corrected chi connectivity index (χ2v) is 9.21. The smallest absolute Gasteiger partial charge is 0.330 e. The number of aromatic amines is 1. The van der Waals surface area contributed by atoms with E-state index in [1.165, 1.54) is 0 Å². The highest BCUT2D eigenvalue weighted by Crippen LogP contribution is 2.61. The first-order valence-electron chi connectivity index (χ1n) is 7.75. The molecule has 3 rings (SSSR count). The van der Waals surface area contributed by atoms with Crippen molar-refractivity contribution in [3.63, 3.8) is 0 Å². The van der Waals surface area contributed by atoms with Crippen molar-refractivity contribution in [2.45, 2.75) is 50.4 Å². The average molecular weight is 432 g/mol. The number of aliphatic hydroxyl groups is 1. The van der Waals surface area contributed by atoms with Crippen LogP contribution in [-0.2, 0) is 30.1 Å². The quantitative estimate of drug-likeness (QED) is 0.667. The SMILES string of the molecule is CC(C)OP1(=S)OC[C@@]2(C(F)F)O[C@@H](n3cc(F)c(=O)[nH]c3=O)[C@H](O)[C@@H]2O1. The summed E-state index contributed by atoms with van der Waals surface area (Å²) in [6.07, 6.45) is -8.51. The van der Waals surface area contributed by atoms with Crippen molar-refractivity contribution in [3.8, 4) is 0 Å². The maximum absolute atomic E-state index is 13.8. The molecule has 27 heavy (non-hydrogen) atoms. The molecule has 1 aromatic rings. The normalized spacial score (nSPS) is 36.4. The zero-order chi connectivity index (χ0) is 20.1. The Kier molecular flexibility index (Phi) is 5.40. The zero-order valence-electron chi connectivity index (χ0n) is 14.0. The number of nitrogens with one attached hydrogen (secondary N) is 1. The summed E-state index contributed by atoms with van der Waals surface area (Å²) in [5.41, 5.74) is -4.92. The summed E-state index contributed by atoms with van der Waals surface area (Å²) >= 11 is 5.12. The zero-order valence-corrected chi connectivity index (χ0v) is 15.7. The van der Waals surface area contributed by atoms with Crippen LogP contribution in [0, 0.1) is 5.82 Å². The molecule has 152 valence electrons. The third-order valence-electron chi connectivity index (χ3n) is 4.02. The van der Waals surface area contributed by atoms with Gasteiger partial charge >= 0.3 is 12.4 Å². The van der Waals surface area contributed by atoms with Gasteiger partial charge < -0.3 is 18.9 Å². The van der Waals surface area contributed by atoms with E-state index in [0.717, 1.165) is 0 Å². The van der Waals surface area contributed by atoms with E-state index < -0.39 is 67.0 Å².